The number of H-pyrrole nitrogens is 1. The fourth-order valence-electron chi connectivity index (χ4n) is 1.92. The molecule has 0 spiro atoms. The first-order valence-electron chi connectivity index (χ1n) is 5.34. The van der Waals surface area contributed by atoms with Crippen molar-refractivity contribution in [3.63, 3.8) is 0 Å². The maximum Gasteiger partial charge on any atom is 0.340 e. The van der Waals surface area contributed by atoms with Gasteiger partial charge in [-0.05, 0) is 12.0 Å². The van der Waals surface area contributed by atoms with Crippen molar-refractivity contribution in [2.24, 2.45) is 0 Å². The van der Waals surface area contributed by atoms with Crippen LogP contribution >= 0.6 is 0 Å². The van der Waals surface area contributed by atoms with E-state index in [9.17, 15) is 4.79 Å². The van der Waals surface area contributed by atoms with Crippen molar-refractivity contribution in [3.05, 3.63) is 35.5 Å². The van der Waals surface area contributed by atoms with E-state index < -0.39 is 0 Å². The average molecular weight is 217 g/mol. The summed E-state index contributed by atoms with van der Waals surface area (Å²) in [7, 11) is 1.41. The summed E-state index contributed by atoms with van der Waals surface area (Å²) in [5.41, 5.74) is 2.58. The van der Waals surface area contributed by atoms with Gasteiger partial charge < -0.3 is 9.72 Å². The van der Waals surface area contributed by atoms with E-state index in [0.29, 0.717) is 5.56 Å². The number of nitrogens with one attached hydrogen (secondary N) is 1. The van der Waals surface area contributed by atoms with E-state index in [4.69, 9.17) is 4.74 Å². The third kappa shape index (κ3) is 1.58. The van der Waals surface area contributed by atoms with Crippen molar-refractivity contribution in [1.82, 2.24) is 4.98 Å². The molecule has 84 valence electrons. The lowest BCUT2D eigenvalue weighted by Gasteiger charge is -2.05. The molecule has 3 heteroatoms. The standard InChI is InChI=1S/C13H15NO2/c1-8(2)12-11(13(15)16-3)9-6-4-5-7-10(9)14-12/h4-8,14H,1-3H3. The Bertz CT molecular complexity index is 526. The number of hydrogen-bond donors (Lipinski definition) is 1. The molecule has 2 rings (SSSR count). The minimum atomic E-state index is -0.277. The van der Waals surface area contributed by atoms with Gasteiger partial charge in [0.2, 0.25) is 0 Å². The number of aromatic amines is 1. The van der Waals surface area contributed by atoms with Gasteiger partial charge in [-0.1, -0.05) is 32.0 Å². The zero-order valence-corrected chi connectivity index (χ0v) is 9.70. The molecular weight excluding hydrogens is 202 g/mol. The largest absolute Gasteiger partial charge is 0.465 e. The minimum absolute atomic E-state index is 0.265. The van der Waals surface area contributed by atoms with E-state index in [-0.39, 0.29) is 11.9 Å². The van der Waals surface area contributed by atoms with Gasteiger partial charge in [0.1, 0.15) is 0 Å². The van der Waals surface area contributed by atoms with Crippen LogP contribution in [0, 0.1) is 0 Å². The molecule has 0 aliphatic carbocycles. The van der Waals surface area contributed by atoms with E-state index >= 15 is 0 Å². The van der Waals surface area contributed by atoms with Gasteiger partial charge in [0.25, 0.3) is 0 Å². The number of para-hydroxylation sites is 1. The molecule has 0 bridgehead atoms. The van der Waals surface area contributed by atoms with Crippen LogP contribution in [0.2, 0.25) is 0 Å². The van der Waals surface area contributed by atoms with Gasteiger partial charge in [0.15, 0.2) is 0 Å². The second-order valence-electron chi connectivity index (χ2n) is 4.11. The van der Waals surface area contributed by atoms with Crippen LogP contribution in [0.4, 0.5) is 0 Å². The number of hydrogen-bond acceptors (Lipinski definition) is 2. The van der Waals surface area contributed by atoms with Gasteiger partial charge in [0, 0.05) is 16.6 Å². The lowest BCUT2D eigenvalue weighted by Crippen LogP contribution is -2.05. The summed E-state index contributed by atoms with van der Waals surface area (Å²) in [4.78, 5) is 15.0. The fraction of sp³-hybridized carbons (Fsp3) is 0.308. The first kappa shape index (κ1) is 10.7. The molecule has 1 aromatic carbocycles. The zero-order chi connectivity index (χ0) is 11.7. The summed E-state index contributed by atoms with van der Waals surface area (Å²) in [5, 5.41) is 0.929. The number of aromatic nitrogens is 1. The van der Waals surface area contributed by atoms with Gasteiger partial charge in [-0.25, -0.2) is 4.79 Å². The van der Waals surface area contributed by atoms with E-state index in [1.165, 1.54) is 7.11 Å². The SMILES string of the molecule is COC(=O)c1c(C(C)C)[nH]c2ccccc12. The lowest BCUT2D eigenvalue weighted by atomic mass is 10.0. The van der Waals surface area contributed by atoms with Crippen LogP contribution in [0.25, 0.3) is 10.9 Å². The second kappa shape index (κ2) is 4.00. The summed E-state index contributed by atoms with van der Waals surface area (Å²) < 4.78 is 4.83. The van der Waals surface area contributed by atoms with Crippen molar-refractivity contribution in [3.8, 4) is 0 Å². The lowest BCUT2D eigenvalue weighted by molar-refractivity contribution is 0.0601. The molecule has 0 aliphatic heterocycles. The topological polar surface area (TPSA) is 42.1 Å². The maximum absolute atomic E-state index is 11.8. The average Bonchev–Trinajstić information content (AvgIpc) is 2.67. The smallest absolute Gasteiger partial charge is 0.340 e. The Morgan fingerprint density at radius 3 is 2.62 bits per heavy atom. The number of benzene rings is 1. The van der Waals surface area contributed by atoms with Crippen molar-refractivity contribution >= 4 is 16.9 Å². The van der Waals surface area contributed by atoms with Crippen LogP contribution in [-0.4, -0.2) is 18.1 Å². The Hall–Kier alpha value is -1.77. The van der Waals surface area contributed by atoms with E-state index in [2.05, 4.69) is 18.8 Å². The molecule has 0 fully saturated rings. The first-order valence-corrected chi connectivity index (χ1v) is 5.34. The van der Waals surface area contributed by atoms with Gasteiger partial charge in [-0.3, -0.25) is 0 Å². The van der Waals surface area contributed by atoms with Gasteiger partial charge >= 0.3 is 5.97 Å². The molecule has 1 N–H and O–H groups in total. The summed E-state index contributed by atoms with van der Waals surface area (Å²) >= 11 is 0. The third-order valence-corrected chi connectivity index (χ3v) is 2.70. The fourth-order valence-corrected chi connectivity index (χ4v) is 1.92. The van der Waals surface area contributed by atoms with Crippen molar-refractivity contribution in [2.45, 2.75) is 19.8 Å². The monoisotopic (exact) mass is 217 g/mol. The molecule has 0 aliphatic rings. The predicted molar refractivity (Wildman–Crippen MR) is 63.7 cm³/mol. The quantitative estimate of drug-likeness (QED) is 0.785. The number of carbonyl (C=O) groups is 1. The predicted octanol–water partition coefficient (Wildman–Crippen LogP) is 3.08. The maximum atomic E-state index is 11.8. The molecule has 1 heterocycles. The number of fused-ring (bicyclic) bond motifs is 1. The molecule has 0 saturated heterocycles. The first-order chi connectivity index (χ1) is 7.65. The van der Waals surface area contributed by atoms with Crippen LogP contribution in [0.1, 0.15) is 35.8 Å². The highest BCUT2D eigenvalue weighted by molar-refractivity contribution is 6.05. The highest BCUT2D eigenvalue weighted by Crippen LogP contribution is 2.27. The summed E-state index contributed by atoms with van der Waals surface area (Å²) in [6.45, 7) is 4.11. The van der Waals surface area contributed by atoms with Crippen LogP contribution in [0.15, 0.2) is 24.3 Å². The molecule has 16 heavy (non-hydrogen) atoms. The molecule has 0 amide bonds. The Morgan fingerprint density at radius 1 is 1.31 bits per heavy atom. The van der Waals surface area contributed by atoms with Crippen LogP contribution in [0.3, 0.4) is 0 Å². The Morgan fingerprint density at radius 2 is 2.00 bits per heavy atom. The molecule has 0 radical (unpaired) electrons. The van der Waals surface area contributed by atoms with Crippen LogP contribution < -0.4 is 0 Å². The van der Waals surface area contributed by atoms with E-state index in [0.717, 1.165) is 16.6 Å². The zero-order valence-electron chi connectivity index (χ0n) is 9.70. The Labute approximate surface area is 94.4 Å². The number of ether oxygens (including phenoxy) is 1. The minimum Gasteiger partial charge on any atom is -0.465 e. The number of carbonyl (C=O) groups excluding carboxylic acids is 1. The molecule has 2 aromatic rings. The van der Waals surface area contributed by atoms with Crippen molar-refractivity contribution in [1.29, 1.82) is 0 Å². The van der Waals surface area contributed by atoms with E-state index in [1.54, 1.807) is 0 Å². The number of esters is 1. The van der Waals surface area contributed by atoms with Crippen LogP contribution in [0.5, 0.6) is 0 Å². The highest BCUT2D eigenvalue weighted by atomic mass is 16.5. The number of methoxy groups -OCH3 is 1. The number of rotatable bonds is 2. The Kier molecular flexibility index (Phi) is 2.69. The van der Waals surface area contributed by atoms with Gasteiger partial charge in [0.05, 0.1) is 12.7 Å². The van der Waals surface area contributed by atoms with Gasteiger partial charge in [-0.15, -0.1) is 0 Å². The molecule has 0 unspecified atom stereocenters. The molecular formula is C13H15NO2. The second-order valence-corrected chi connectivity index (χ2v) is 4.11. The van der Waals surface area contributed by atoms with Crippen molar-refractivity contribution in [2.75, 3.05) is 7.11 Å². The van der Waals surface area contributed by atoms with Gasteiger partial charge in [-0.2, -0.15) is 0 Å². The normalized spacial score (nSPS) is 11.0. The van der Waals surface area contributed by atoms with Crippen LogP contribution in [-0.2, 0) is 4.74 Å². The summed E-state index contributed by atoms with van der Waals surface area (Å²) in [6.07, 6.45) is 0. The molecule has 1 aromatic heterocycles. The summed E-state index contributed by atoms with van der Waals surface area (Å²) in [6, 6.07) is 7.77. The third-order valence-electron chi connectivity index (χ3n) is 2.70. The van der Waals surface area contributed by atoms with E-state index in [1.807, 2.05) is 24.3 Å². The van der Waals surface area contributed by atoms with Crippen molar-refractivity contribution < 1.29 is 9.53 Å². The molecule has 3 nitrogen and oxygen atoms in total. The summed E-state index contributed by atoms with van der Waals surface area (Å²) in [5.74, 6) is -0.0114. The Balaban J connectivity index is 2.74. The highest BCUT2D eigenvalue weighted by Gasteiger charge is 2.20. The molecule has 0 atom stereocenters. The molecule has 0 saturated carbocycles.